The molecule has 0 fully saturated rings. The quantitative estimate of drug-likeness (QED) is 0.181. The van der Waals surface area contributed by atoms with E-state index in [1.807, 2.05) is 7.85 Å². The van der Waals surface area contributed by atoms with Gasteiger partial charge in [0.25, 0.3) is 0 Å². The summed E-state index contributed by atoms with van der Waals surface area (Å²) in [7, 11) is 5.20. The molecule has 25 heavy (non-hydrogen) atoms. The fourth-order valence-electron chi connectivity index (χ4n) is 2.63. The monoisotopic (exact) mass is 337 g/mol. The number of nitrogens with one attached hydrogen (secondary N) is 2. The van der Waals surface area contributed by atoms with Crippen LogP contribution in [0.3, 0.4) is 0 Å². The molecule has 2 aromatic carbocycles. The average Bonchev–Trinajstić information content (AvgIpc) is 2.60. The third kappa shape index (κ3) is 3.71. The molecule has 2 aromatic rings. The Bertz CT molecular complexity index is 843. The molecule has 126 valence electrons. The van der Waals surface area contributed by atoms with Gasteiger partial charge in [-0.25, -0.2) is 4.39 Å². The van der Waals surface area contributed by atoms with Crippen LogP contribution in [0.1, 0.15) is 11.1 Å². The number of hydrogen-bond acceptors (Lipinski definition) is 5. The number of phenolic OH excluding ortho intramolecular Hbond substituents is 2. The number of allylic oxidation sites excluding steroid dienone is 1. The van der Waals surface area contributed by atoms with E-state index in [0.29, 0.717) is 33.3 Å². The Morgan fingerprint density at radius 1 is 1.12 bits per heavy atom. The number of phenols is 2. The van der Waals surface area contributed by atoms with Crippen molar-refractivity contribution >= 4 is 57.4 Å². The number of rotatable bonds is 5. The van der Waals surface area contributed by atoms with E-state index in [0.717, 1.165) is 11.7 Å². The van der Waals surface area contributed by atoms with Crippen LogP contribution >= 0.6 is 0 Å². The Morgan fingerprint density at radius 2 is 1.76 bits per heavy atom. The van der Waals surface area contributed by atoms with E-state index >= 15 is 0 Å². The van der Waals surface area contributed by atoms with Gasteiger partial charge in [0, 0.05) is 30.2 Å². The molecule has 0 aliphatic carbocycles. The minimum Gasteiger partial charge on any atom is -0.505 e. The summed E-state index contributed by atoms with van der Waals surface area (Å²) in [6.07, 6.45) is 2.67. The summed E-state index contributed by atoms with van der Waals surface area (Å²) in [6, 6.07) is 4.41. The van der Waals surface area contributed by atoms with Crippen LogP contribution in [0.15, 0.2) is 24.4 Å². The second-order valence-corrected chi connectivity index (χ2v) is 5.89. The molecular weight excluding hydrogens is 318 g/mol. The zero-order valence-corrected chi connectivity index (χ0v) is 14.4. The van der Waals surface area contributed by atoms with Gasteiger partial charge in [0.2, 0.25) is 0 Å². The summed E-state index contributed by atoms with van der Waals surface area (Å²) >= 11 is 0. The van der Waals surface area contributed by atoms with Crippen LogP contribution in [-0.2, 0) is 6.54 Å². The Labute approximate surface area is 148 Å². The first-order valence-electron chi connectivity index (χ1n) is 7.78. The molecule has 0 heterocycles. The molecule has 0 aliphatic rings. The van der Waals surface area contributed by atoms with Crippen LogP contribution in [-0.4, -0.2) is 40.0 Å². The lowest BCUT2D eigenvalue weighted by Crippen LogP contribution is -2.34. The van der Waals surface area contributed by atoms with Gasteiger partial charge in [0.1, 0.15) is 35.1 Å². The van der Waals surface area contributed by atoms with Gasteiger partial charge in [-0.15, -0.1) is 0 Å². The summed E-state index contributed by atoms with van der Waals surface area (Å²) in [5.41, 5.74) is 9.64. The van der Waals surface area contributed by atoms with Gasteiger partial charge in [0.15, 0.2) is 5.75 Å². The van der Waals surface area contributed by atoms with Crippen molar-refractivity contribution in [3.05, 3.63) is 41.3 Å². The number of nitrogens with two attached hydrogens (primary N) is 1. The minimum absolute atomic E-state index is 0.144. The molecule has 0 aromatic heterocycles. The number of benzene rings is 2. The lowest BCUT2D eigenvalue weighted by molar-refractivity contribution is 0.410. The minimum atomic E-state index is -0.420. The largest absolute Gasteiger partial charge is 0.505 e. The van der Waals surface area contributed by atoms with Crippen molar-refractivity contribution in [3.63, 3.8) is 0 Å². The van der Waals surface area contributed by atoms with Crippen LogP contribution in [0.25, 0.3) is 5.57 Å². The molecule has 0 radical (unpaired) electrons. The van der Waals surface area contributed by atoms with Crippen LogP contribution in [0.5, 0.6) is 11.5 Å². The van der Waals surface area contributed by atoms with Crippen LogP contribution in [0.2, 0.25) is 0 Å². The van der Waals surface area contributed by atoms with Gasteiger partial charge in [-0.2, -0.15) is 0 Å². The topological polar surface area (TPSA) is 102 Å². The molecule has 0 bridgehead atoms. The first-order valence-corrected chi connectivity index (χ1v) is 7.78. The molecule has 0 aliphatic heterocycles. The standard InChI is InChI=1S/C16H19B3FN3O2/c17-11-12(18)15(24)16(25)13(19)14(11)23-6-9(5-22)8-1-7(4-21)2-10(20)3-8/h1-3,5-6,22-25H,4,17-19,21H2/b9-6+,22-5?. The summed E-state index contributed by atoms with van der Waals surface area (Å²) in [6.45, 7) is 0.201. The molecule has 0 amide bonds. The maximum absolute atomic E-state index is 13.7. The predicted octanol–water partition coefficient (Wildman–Crippen LogP) is -2.43. The fourth-order valence-corrected chi connectivity index (χ4v) is 2.63. The van der Waals surface area contributed by atoms with Crippen LogP contribution < -0.4 is 27.4 Å². The Kier molecular flexibility index (Phi) is 5.59. The fraction of sp³-hybridized carbons (Fsp3) is 0.0625. The van der Waals surface area contributed by atoms with E-state index < -0.39 is 5.82 Å². The Morgan fingerprint density at radius 3 is 2.36 bits per heavy atom. The van der Waals surface area contributed by atoms with Crippen molar-refractivity contribution < 1.29 is 14.6 Å². The highest BCUT2D eigenvalue weighted by Gasteiger charge is 2.15. The Hall–Kier alpha value is -2.67. The highest BCUT2D eigenvalue weighted by molar-refractivity contribution is 6.55. The van der Waals surface area contributed by atoms with Gasteiger partial charge in [-0.1, -0.05) is 5.46 Å². The van der Waals surface area contributed by atoms with Gasteiger partial charge in [0.05, 0.1) is 0 Å². The maximum Gasteiger partial charge on any atom is 0.152 e. The van der Waals surface area contributed by atoms with Crippen molar-refractivity contribution in [2.24, 2.45) is 5.73 Å². The van der Waals surface area contributed by atoms with Gasteiger partial charge < -0.3 is 26.7 Å². The van der Waals surface area contributed by atoms with E-state index in [9.17, 15) is 14.6 Å². The average molecular weight is 337 g/mol. The highest BCUT2D eigenvalue weighted by Crippen LogP contribution is 2.21. The highest BCUT2D eigenvalue weighted by atomic mass is 19.1. The maximum atomic E-state index is 13.7. The Balaban J connectivity index is 2.47. The summed E-state index contributed by atoms with van der Waals surface area (Å²) in [5.74, 6) is -0.753. The molecule has 0 saturated carbocycles. The van der Waals surface area contributed by atoms with Crippen molar-refractivity contribution in [2.45, 2.75) is 6.54 Å². The van der Waals surface area contributed by atoms with Crippen molar-refractivity contribution in [3.8, 4) is 11.5 Å². The summed E-state index contributed by atoms with van der Waals surface area (Å²) in [5, 5.41) is 30.6. The first-order chi connectivity index (χ1) is 11.8. The van der Waals surface area contributed by atoms with Crippen molar-refractivity contribution in [1.29, 1.82) is 5.41 Å². The van der Waals surface area contributed by atoms with Gasteiger partial charge in [-0.3, -0.25) is 0 Å². The lowest BCUT2D eigenvalue weighted by atomic mass is 9.74. The molecular formula is C16H19B3FN3O2. The molecule has 0 spiro atoms. The molecule has 0 saturated heterocycles. The third-order valence-corrected chi connectivity index (χ3v) is 4.30. The zero-order valence-electron chi connectivity index (χ0n) is 14.4. The molecule has 5 nitrogen and oxygen atoms in total. The summed E-state index contributed by atoms with van der Waals surface area (Å²) < 4.78 is 13.7. The van der Waals surface area contributed by atoms with E-state index in [2.05, 4.69) is 5.32 Å². The number of hydrogen-bond donors (Lipinski definition) is 5. The normalized spacial score (nSPS) is 11.4. The SMILES string of the molecule is Bc1c(B)c(N/C=C(\C=N)c2cc(F)cc(CN)c2)c(B)c(O)c1O. The smallest absolute Gasteiger partial charge is 0.152 e. The molecule has 0 unspecified atom stereocenters. The third-order valence-electron chi connectivity index (χ3n) is 4.30. The van der Waals surface area contributed by atoms with Crippen molar-refractivity contribution in [2.75, 3.05) is 5.32 Å². The van der Waals surface area contributed by atoms with E-state index in [1.165, 1.54) is 12.1 Å². The molecule has 0 atom stereocenters. The van der Waals surface area contributed by atoms with Gasteiger partial charge >= 0.3 is 0 Å². The number of aromatic hydroxyl groups is 2. The second kappa shape index (κ2) is 7.48. The van der Waals surface area contributed by atoms with E-state index in [4.69, 9.17) is 11.1 Å². The molecule has 2 rings (SSSR count). The van der Waals surface area contributed by atoms with Crippen LogP contribution in [0.4, 0.5) is 10.1 Å². The predicted molar refractivity (Wildman–Crippen MR) is 109 cm³/mol. The van der Waals surface area contributed by atoms with E-state index in [-0.39, 0.29) is 18.0 Å². The molecule has 6 N–H and O–H groups in total. The number of anilines is 1. The summed E-state index contributed by atoms with van der Waals surface area (Å²) in [4.78, 5) is 0. The second-order valence-electron chi connectivity index (χ2n) is 5.89. The zero-order chi connectivity index (χ0) is 18.7. The van der Waals surface area contributed by atoms with E-state index in [1.54, 1.807) is 28.0 Å². The first kappa shape index (κ1) is 18.7. The van der Waals surface area contributed by atoms with Crippen LogP contribution in [0, 0.1) is 11.2 Å². The van der Waals surface area contributed by atoms with Crippen molar-refractivity contribution in [1.82, 2.24) is 0 Å². The molecule has 9 heteroatoms. The lowest BCUT2D eigenvalue weighted by Gasteiger charge is -2.17. The number of halogens is 1. The van der Waals surface area contributed by atoms with Gasteiger partial charge in [-0.05, 0) is 40.3 Å².